The van der Waals surface area contributed by atoms with Crippen LogP contribution in [0.4, 0.5) is 20.2 Å². The van der Waals surface area contributed by atoms with Gasteiger partial charge in [0.05, 0.1) is 11.5 Å². The van der Waals surface area contributed by atoms with Gasteiger partial charge < -0.3 is 10.5 Å². The second-order valence-electron chi connectivity index (χ2n) is 3.81. The standard InChI is InChI=1S/C10H13F2N3O5S/c11-9(12)6-20-5-4-14-21(18,19)8-3-1-2-7(13)10(8)15(16)17/h1-3,9,14H,4-6,13H2. The van der Waals surface area contributed by atoms with Crippen molar-refractivity contribution in [1.29, 1.82) is 0 Å². The van der Waals surface area contributed by atoms with Gasteiger partial charge in [-0.15, -0.1) is 0 Å². The minimum atomic E-state index is -4.20. The lowest BCUT2D eigenvalue weighted by Crippen LogP contribution is -2.28. The van der Waals surface area contributed by atoms with Crippen molar-refractivity contribution in [2.24, 2.45) is 0 Å². The zero-order valence-corrected chi connectivity index (χ0v) is 11.5. The number of rotatable bonds is 8. The fraction of sp³-hybridized carbons (Fsp3) is 0.400. The summed E-state index contributed by atoms with van der Waals surface area (Å²) in [5.74, 6) is 0. The molecule has 0 saturated carbocycles. The van der Waals surface area contributed by atoms with Gasteiger partial charge in [0, 0.05) is 6.54 Å². The first-order valence-electron chi connectivity index (χ1n) is 5.64. The van der Waals surface area contributed by atoms with Crippen molar-refractivity contribution in [3.05, 3.63) is 28.3 Å². The van der Waals surface area contributed by atoms with E-state index in [9.17, 15) is 27.3 Å². The lowest BCUT2D eigenvalue weighted by molar-refractivity contribution is -0.386. The van der Waals surface area contributed by atoms with Crippen LogP contribution in [0.3, 0.4) is 0 Å². The van der Waals surface area contributed by atoms with E-state index < -0.39 is 38.6 Å². The van der Waals surface area contributed by atoms with Crippen LogP contribution in [0.25, 0.3) is 0 Å². The molecule has 1 aromatic carbocycles. The van der Waals surface area contributed by atoms with Crippen LogP contribution >= 0.6 is 0 Å². The zero-order valence-electron chi connectivity index (χ0n) is 10.7. The van der Waals surface area contributed by atoms with E-state index in [2.05, 4.69) is 4.74 Å². The molecule has 8 nitrogen and oxygen atoms in total. The van der Waals surface area contributed by atoms with E-state index in [4.69, 9.17) is 5.73 Å². The van der Waals surface area contributed by atoms with Crippen molar-refractivity contribution >= 4 is 21.4 Å². The summed E-state index contributed by atoms with van der Waals surface area (Å²) in [6, 6.07) is 3.48. The van der Waals surface area contributed by atoms with Gasteiger partial charge in [-0.25, -0.2) is 21.9 Å². The summed E-state index contributed by atoms with van der Waals surface area (Å²) in [6.07, 6.45) is -2.66. The summed E-state index contributed by atoms with van der Waals surface area (Å²) in [6.45, 7) is -1.42. The largest absolute Gasteiger partial charge is 0.393 e. The molecule has 0 heterocycles. The molecule has 0 amide bonds. The number of halogens is 2. The maximum Gasteiger partial charge on any atom is 0.312 e. The Bertz CT molecular complexity index is 609. The Morgan fingerprint density at radius 1 is 1.43 bits per heavy atom. The predicted molar refractivity (Wildman–Crippen MR) is 69.5 cm³/mol. The summed E-state index contributed by atoms with van der Waals surface area (Å²) in [4.78, 5) is 9.36. The van der Waals surface area contributed by atoms with Crippen LogP contribution in [-0.4, -0.2) is 39.5 Å². The molecule has 1 aromatic rings. The lowest BCUT2D eigenvalue weighted by Gasteiger charge is -2.08. The smallest absolute Gasteiger partial charge is 0.312 e. The Morgan fingerprint density at radius 2 is 2.10 bits per heavy atom. The first-order valence-corrected chi connectivity index (χ1v) is 7.12. The molecule has 0 saturated heterocycles. The van der Waals surface area contributed by atoms with Gasteiger partial charge in [0.1, 0.15) is 12.3 Å². The van der Waals surface area contributed by atoms with Gasteiger partial charge in [0.25, 0.3) is 6.43 Å². The number of nitrogens with zero attached hydrogens (tertiary/aromatic N) is 1. The van der Waals surface area contributed by atoms with Crippen LogP contribution in [0.1, 0.15) is 0 Å². The van der Waals surface area contributed by atoms with Crippen LogP contribution in [0.15, 0.2) is 23.1 Å². The number of hydrogen-bond donors (Lipinski definition) is 2. The van der Waals surface area contributed by atoms with Gasteiger partial charge in [-0.1, -0.05) is 6.07 Å². The molecule has 3 N–H and O–H groups in total. The highest BCUT2D eigenvalue weighted by molar-refractivity contribution is 7.89. The third-order valence-corrected chi connectivity index (χ3v) is 3.78. The fourth-order valence-electron chi connectivity index (χ4n) is 1.45. The number of sulfonamides is 1. The monoisotopic (exact) mass is 325 g/mol. The molecule has 11 heteroatoms. The lowest BCUT2D eigenvalue weighted by atomic mass is 10.3. The summed E-state index contributed by atoms with van der Waals surface area (Å²) in [5.41, 5.74) is 4.35. The number of anilines is 1. The number of nitrogens with two attached hydrogens (primary N) is 1. The van der Waals surface area contributed by atoms with Crippen LogP contribution < -0.4 is 10.5 Å². The van der Waals surface area contributed by atoms with Crippen molar-refractivity contribution in [1.82, 2.24) is 4.72 Å². The number of nitrogens with one attached hydrogen (secondary N) is 1. The number of hydrogen-bond acceptors (Lipinski definition) is 6. The number of ether oxygens (including phenoxy) is 1. The Hall–Kier alpha value is -1.85. The van der Waals surface area contributed by atoms with Crippen molar-refractivity contribution in [2.75, 3.05) is 25.5 Å². The van der Waals surface area contributed by atoms with E-state index in [1.54, 1.807) is 0 Å². The first-order chi connectivity index (χ1) is 9.75. The maximum absolute atomic E-state index is 11.9. The number of para-hydroxylation sites is 1. The topological polar surface area (TPSA) is 125 Å². The molecule has 0 aromatic heterocycles. The van der Waals surface area contributed by atoms with E-state index in [0.717, 1.165) is 6.07 Å². The highest BCUT2D eigenvalue weighted by Gasteiger charge is 2.27. The molecule has 21 heavy (non-hydrogen) atoms. The molecule has 0 bridgehead atoms. The van der Waals surface area contributed by atoms with Crippen LogP contribution in [0.5, 0.6) is 0 Å². The van der Waals surface area contributed by atoms with E-state index in [1.807, 2.05) is 4.72 Å². The molecule has 0 spiro atoms. The average molecular weight is 325 g/mol. The maximum atomic E-state index is 11.9. The first kappa shape index (κ1) is 17.2. The van der Waals surface area contributed by atoms with E-state index in [0.29, 0.717) is 0 Å². The molecule has 118 valence electrons. The quantitative estimate of drug-likeness (QED) is 0.314. The molecule has 0 radical (unpaired) electrons. The van der Waals surface area contributed by atoms with E-state index >= 15 is 0 Å². The summed E-state index contributed by atoms with van der Waals surface area (Å²) >= 11 is 0. The highest BCUT2D eigenvalue weighted by Crippen LogP contribution is 2.29. The van der Waals surface area contributed by atoms with Gasteiger partial charge >= 0.3 is 5.69 Å². The number of benzene rings is 1. The predicted octanol–water partition coefficient (Wildman–Crippen LogP) is 0.737. The second kappa shape index (κ2) is 7.24. The molecule has 0 unspecified atom stereocenters. The molecule has 0 aliphatic carbocycles. The zero-order chi connectivity index (χ0) is 16.0. The van der Waals surface area contributed by atoms with E-state index in [-0.39, 0.29) is 18.8 Å². The third kappa shape index (κ3) is 4.88. The molecule has 0 aliphatic rings. The van der Waals surface area contributed by atoms with Crippen molar-refractivity contribution < 1.29 is 26.9 Å². The summed E-state index contributed by atoms with van der Waals surface area (Å²) in [7, 11) is -4.20. The Kier molecular flexibility index (Phi) is 5.93. The van der Waals surface area contributed by atoms with E-state index in [1.165, 1.54) is 12.1 Å². The molecule has 0 fully saturated rings. The summed E-state index contributed by atoms with van der Waals surface area (Å²) in [5, 5.41) is 10.9. The molecular formula is C10H13F2N3O5S. The number of nitrogen functional groups attached to an aromatic ring is 1. The molecule has 0 aliphatic heterocycles. The SMILES string of the molecule is Nc1cccc(S(=O)(=O)NCCOCC(F)F)c1[N+](=O)[O-]. The number of alkyl halides is 2. The van der Waals surface area contributed by atoms with Gasteiger partial charge in [-0.2, -0.15) is 0 Å². The average Bonchev–Trinajstić information content (AvgIpc) is 2.37. The Balaban J connectivity index is 2.80. The van der Waals surface area contributed by atoms with Gasteiger partial charge in [0.15, 0.2) is 4.90 Å². The van der Waals surface area contributed by atoms with Crippen LogP contribution in [0, 0.1) is 10.1 Å². The van der Waals surface area contributed by atoms with Crippen LogP contribution in [0.2, 0.25) is 0 Å². The van der Waals surface area contributed by atoms with Gasteiger partial charge in [-0.3, -0.25) is 10.1 Å². The van der Waals surface area contributed by atoms with Crippen LogP contribution in [-0.2, 0) is 14.8 Å². The minimum Gasteiger partial charge on any atom is -0.393 e. The second-order valence-corrected chi connectivity index (χ2v) is 5.55. The minimum absolute atomic E-state index is 0.292. The van der Waals surface area contributed by atoms with Gasteiger partial charge in [-0.05, 0) is 12.1 Å². The number of nitro groups is 1. The van der Waals surface area contributed by atoms with Crippen molar-refractivity contribution in [3.8, 4) is 0 Å². The van der Waals surface area contributed by atoms with Crippen molar-refractivity contribution in [2.45, 2.75) is 11.3 Å². The Morgan fingerprint density at radius 3 is 2.67 bits per heavy atom. The molecular weight excluding hydrogens is 312 g/mol. The molecule has 1 rings (SSSR count). The fourth-order valence-corrected chi connectivity index (χ4v) is 2.66. The third-order valence-electron chi connectivity index (χ3n) is 2.28. The van der Waals surface area contributed by atoms with Gasteiger partial charge in [0.2, 0.25) is 10.0 Å². The highest BCUT2D eigenvalue weighted by atomic mass is 32.2. The summed E-state index contributed by atoms with van der Waals surface area (Å²) < 4.78 is 54.0. The normalized spacial score (nSPS) is 11.8. The Labute approximate surface area is 119 Å². The van der Waals surface area contributed by atoms with Crippen molar-refractivity contribution in [3.63, 3.8) is 0 Å². The number of nitro benzene ring substituents is 1. The molecule has 0 atom stereocenters.